The SMILES string of the molecule is Cc1ccc(N2CC(C(=O)N3CCC(C)(CN)C3)CC2=O)cc1. The molecule has 2 N–H and O–H groups in total. The number of amides is 2. The molecule has 0 aromatic heterocycles. The van der Waals surface area contributed by atoms with E-state index < -0.39 is 0 Å². The first-order valence-electron chi connectivity index (χ1n) is 8.28. The average molecular weight is 315 g/mol. The van der Waals surface area contributed by atoms with E-state index >= 15 is 0 Å². The molecular formula is C18H25N3O2. The first-order valence-corrected chi connectivity index (χ1v) is 8.28. The van der Waals surface area contributed by atoms with E-state index in [1.165, 1.54) is 0 Å². The fourth-order valence-corrected chi connectivity index (χ4v) is 3.48. The fourth-order valence-electron chi connectivity index (χ4n) is 3.48. The zero-order valence-electron chi connectivity index (χ0n) is 13.9. The molecule has 0 spiro atoms. The zero-order chi connectivity index (χ0) is 16.6. The van der Waals surface area contributed by atoms with Crippen molar-refractivity contribution in [3.8, 4) is 0 Å². The van der Waals surface area contributed by atoms with Crippen LogP contribution in [0.4, 0.5) is 5.69 Å². The molecule has 0 bridgehead atoms. The summed E-state index contributed by atoms with van der Waals surface area (Å²) in [6.07, 6.45) is 1.25. The fraction of sp³-hybridized carbons (Fsp3) is 0.556. The van der Waals surface area contributed by atoms with Gasteiger partial charge in [0.15, 0.2) is 0 Å². The van der Waals surface area contributed by atoms with E-state index in [0.717, 1.165) is 24.2 Å². The predicted octanol–water partition coefficient (Wildman–Crippen LogP) is 1.55. The standard InChI is InChI=1S/C18H25N3O2/c1-13-3-5-15(6-4-13)21-10-14(9-16(21)22)17(23)20-8-7-18(2,11-19)12-20/h3-6,14H,7-12,19H2,1-2H3. The molecule has 5 nitrogen and oxygen atoms in total. The van der Waals surface area contributed by atoms with Gasteiger partial charge < -0.3 is 15.5 Å². The van der Waals surface area contributed by atoms with Crippen LogP contribution in [-0.2, 0) is 9.59 Å². The Morgan fingerprint density at radius 1 is 1.35 bits per heavy atom. The molecule has 0 aliphatic carbocycles. The summed E-state index contributed by atoms with van der Waals surface area (Å²) in [6.45, 7) is 6.67. The molecule has 2 fully saturated rings. The van der Waals surface area contributed by atoms with E-state index in [1.807, 2.05) is 36.1 Å². The molecule has 2 heterocycles. The van der Waals surface area contributed by atoms with Crippen LogP contribution in [0.1, 0.15) is 25.3 Å². The molecule has 2 aliphatic rings. The van der Waals surface area contributed by atoms with Gasteiger partial charge in [-0.05, 0) is 37.4 Å². The van der Waals surface area contributed by atoms with E-state index in [2.05, 4.69) is 6.92 Å². The number of carbonyl (C=O) groups excluding carboxylic acids is 2. The van der Waals surface area contributed by atoms with Crippen LogP contribution >= 0.6 is 0 Å². The number of hydrogen-bond donors (Lipinski definition) is 1. The number of likely N-dealkylation sites (tertiary alicyclic amines) is 1. The molecule has 0 saturated carbocycles. The molecule has 5 heteroatoms. The quantitative estimate of drug-likeness (QED) is 0.920. The van der Waals surface area contributed by atoms with Crippen molar-refractivity contribution in [2.75, 3.05) is 31.1 Å². The lowest BCUT2D eigenvalue weighted by molar-refractivity contribution is -0.135. The van der Waals surface area contributed by atoms with Gasteiger partial charge in [-0.25, -0.2) is 0 Å². The second-order valence-corrected chi connectivity index (χ2v) is 7.27. The Bertz CT molecular complexity index is 613. The first-order chi connectivity index (χ1) is 10.9. The molecular weight excluding hydrogens is 290 g/mol. The van der Waals surface area contributed by atoms with Crippen LogP contribution in [0, 0.1) is 18.3 Å². The Hall–Kier alpha value is -1.88. The van der Waals surface area contributed by atoms with Crippen LogP contribution in [0.2, 0.25) is 0 Å². The van der Waals surface area contributed by atoms with Crippen LogP contribution in [0.3, 0.4) is 0 Å². The Labute approximate surface area is 137 Å². The Balaban J connectivity index is 1.68. The van der Waals surface area contributed by atoms with Crippen molar-refractivity contribution in [3.05, 3.63) is 29.8 Å². The molecule has 124 valence electrons. The number of rotatable bonds is 3. The molecule has 23 heavy (non-hydrogen) atoms. The number of nitrogens with zero attached hydrogens (tertiary/aromatic N) is 2. The highest BCUT2D eigenvalue weighted by atomic mass is 16.2. The predicted molar refractivity (Wildman–Crippen MR) is 90.0 cm³/mol. The molecule has 2 unspecified atom stereocenters. The maximum absolute atomic E-state index is 12.7. The van der Waals surface area contributed by atoms with Gasteiger partial charge in [0.1, 0.15) is 0 Å². The minimum Gasteiger partial charge on any atom is -0.342 e. The van der Waals surface area contributed by atoms with E-state index in [-0.39, 0.29) is 23.1 Å². The molecule has 1 aromatic carbocycles. The molecule has 2 amide bonds. The Morgan fingerprint density at radius 2 is 2.04 bits per heavy atom. The summed E-state index contributed by atoms with van der Waals surface area (Å²) in [5.74, 6) is -0.0953. The minimum absolute atomic E-state index is 0.0227. The van der Waals surface area contributed by atoms with E-state index in [0.29, 0.717) is 26.1 Å². The smallest absolute Gasteiger partial charge is 0.228 e. The highest BCUT2D eigenvalue weighted by Crippen LogP contribution is 2.32. The third-order valence-corrected chi connectivity index (χ3v) is 5.18. The molecule has 2 aliphatic heterocycles. The highest BCUT2D eigenvalue weighted by Gasteiger charge is 2.41. The summed E-state index contributed by atoms with van der Waals surface area (Å²) >= 11 is 0. The number of aryl methyl sites for hydroxylation is 1. The van der Waals surface area contributed by atoms with Crippen molar-refractivity contribution in [1.82, 2.24) is 4.90 Å². The number of anilines is 1. The van der Waals surface area contributed by atoms with Crippen LogP contribution in [0.25, 0.3) is 0 Å². The lowest BCUT2D eigenvalue weighted by Gasteiger charge is -2.24. The maximum atomic E-state index is 12.7. The monoisotopic (exact) mass is 315 g/mol. The second kappa shape index (κ2) is 5.96. The summed E-state index contributed by atoms with van der Waals surface area (Å²) in [4.78, 5) is 28.7. The third-order valence-electron chi connectivity index (χ3n) is 5.18. The van der Waals surface area contributed by atoms with Gasteiger partial charge in [0.05, 0.1) is 5.92 Å². The van der Waals surface area contributed by atoms with Crippen LogP contribution < -0.4 is 10.6 Å². The van der Waals surface area contributed by atoms with Gasteiger partial charge in [0.2, 0.25) is 11.8 Å². The largest absolute Gasteiger partial charge is 0.342 e. The van der Waals surface area contributed by atoms with Crippen molar-refractivity contribution in [1.29, 1.82) is 0 Å². The van der Waals surface area contributed by atoms with Gasteiger partial charge >= 0.3 is 0 Å². The summed E-state index contributed by atoms with van der Waals surface area (Å²) in [7, 11) is 0. The molecule has 0 radical (unpaired) electrons. The summed E-state index contributed by atoms with van der Waals surface area (Å²) in [5.41, 5.74) is 7.88. The van der Waals surface area contributed by atoms with E-state index in [1.54, 1.807) is 4.90 Å². The van der Waals surface area contributed by atoms with E-state index in [4.69, 9.17) is 5.73 Å². The van der Waals surface area contributed by atoms with Gasteiger partial charge in [-0.1, -0.05) is 24.6 Å². The molecule has 2 saturated heterocycles. The Kier molecular flexibility index (Phi) is 4.15. The summed E-state index contributed by atoms with van der Waals surface area (Å²) < 4.78 is 0. The summed E-state index contributed by atoms with van der Waals surface area (Å²) in [6, 6.07) is 7.87. The van der Waals surface area contributed by atoms with Crippen LogP contribution in [0.15, 0.2) is 24.3 Å². The van der Waals surface area contributed by atoms with Crippen molar-refractivity contribution < 1.29 is 9.59 Å². The van der Waals surface area contributed by atoms with Crippen LogP contribution in [0.5, 0.6) is 0 Å². The zero-order valence-corrected chi connectivity index (χ0v) is 13.9. The Morgan fingerprint density at radius 3 is 2.65 bits per heavy atom. The molecule has 2 atom stereocenters. The van der Waals surface area contributed by atoms with Crippen LogP contribution in [-0.4, -0.2) is 42.9 Å². The molecule has 3 rings (SSSR count). The normalized spacial score (nSPS) is 27.8. The maximum Gasteiger partial charge on any atom is 0.228 e. The van der Waals surface area contributed by atoms with E-state index in [9.17, 15) is 9.59 Å². The van der Waals surface area contributed by atoms with Crippen molar-refractivity contribution >= 4 is 17.5 Å². The number of carbonyl (C=O) groups is 2. The number of hydrogen-bond acceptors (Lipinski definition) is 3. The van der Waals surface area contributed by atoms with Crippen molar-refractivity contribution in [2.24, 2.45) is 17.1 Å². The highest BCUT2D eigenvalue weighted by molar-refractivity contribution is 6.00. The average Bonchev–Trinajstić information content (AvgIpc) is 3.12. The first kappa shape index (κ1) is 16.0. The van der Waals surface area contributed by atoms with Crippen molar-refractivity contribution in [2.45, 2.75) is 26.7 Å². The third kappa shape index (κ3) is 3.11. The second-order valence-electron chi connectivity index (χ2n) is 7.27. The lowest BCUT2D eigenvalue weighted by Crippen LogP contribution is -2.38. The topological polar surface area (TPSA) is 66.6 Å². The van der Waals surface area contributed by atoms with Gasteiger partial charge in [-0.2, -0.15) is 0 Å². The van der Waals surface area contributed by atoms with Gasteiger partial charge in [0.25, 0.3) is 0 Å². The van der Waals surface area contributed by atoms with Gasteiger partial charge in [-0.3, -0.25) is 9.59 Å². The van der Waals surface area contributed by atoms with Gasteiger partial charge in [0, 0.05) is 31.7 Å². The minimum atomic E-state index is -0.232. The number of benzene rings is 1. The molecule has 1 aromatic rings. The van der Waals surface area contributed by atoms with Crippen molar-refractivity contribution in [3.63, 3.8) is 0 Å². The lowest BCUT2D eigenvalue weighted by atomic mass is 9.90. The summed E-state index contributed by atoms with van der Waals surface area (Å²) in [5, 5.41) is 0. The number of nitrogens with two attached hydrogens (primary N) is 1. The van der Waals surface area contributed by atoms with Gasteiger partial charge in [-0.15, -0.1) is 0 Å².